The number of nitrogen functional groups attached to an aromatic ring is 1. The summed E-state index contributed by atoms with van der Waals surface area (Å²) in [5.41, 5.74) is 7.12. The molecule has 0 aromatic heterocycles. The minimum absolute atomic E-state index is 0.0855. The van der Waals surface area contributed by atoms with Crippen molar-refractivity contribution in [3.05, 3.63) is 59.2 Å². The van der Waals surface area contributed by atoms with Gasteiger partial charge in [-0.05, 0) is 36.4 Å². The summed E-state index contributed by atoms with van der Waals surface area (Å²) < 4.78 is 26.4. The molecule has 2 rings (SSSR count). The molecular weight excluding hydrogens is 248 g/mol. The second kappa shape index (κ2) is 5.36. The number of rotatable bonds is 3. The largest absolute Gasteiger partial charge is 0.399 e. The van der Waals surface area contributed by atoms with E-state index in [0.29, 0.717) is 16.9 Å². The van der Waals surface area contributed by atoms with Gasteiger partial charge >= 0.3 is 0 Å². The maximum Gasteiger partial charge on any atom is 0.128 e. The van der Waals surface area contributed by atoms with E-state index < -0.39 is 11.6 Å². The van der Waals surface area contributed by atoms with Crippen LogP contribution in [0.5, 0.6) is 0 Å². The summed E-state index contributed by atoms with van der Waals surface area (Å²) in [6.07, 6.45) is 0. The van der Waals surface area contributed by atoms with Gasteiger partial charge in [0.05, 0.1) is 11.3 Å². The second-order valence-electron chi connectivity index (χ2n) is 4.01. The Morgan fingerprint density at radius 2 is 1.95 bits per heavy atom. The van der Waals surface area contributed by atoms with E-state index in [4.69, 9.17) is 11.0 Å². The van der Waals surface area contributed by atoms with Crippen LogP contribution in [0.4, 0.5) is 20.2 Å². The van der Waals surface area contributed by atoms with Crippen molar-refractivity contribution in [1.29, 1.82) is 5.26 Å². The van der Waals surface area contributed by atoms with Gasteiger partial charge in [-0.3, -0.25) is 0 Å². The third-order valence-corrected chi connectivity index (χ3v) is 2.64. The highest BCUT2D eigenvalue weighted by Gasteiger charge is 2.06. The molecule has 0 radical (unpaired) electrons. The van der Waals surface area contributed by atoms with E-state index >= 15 is 0 Å². The Labute approximate surface area is 109 Å². The van der Waals surface area contributed by atoms with Crippen LogP contribution in [0.1, 0.15) is 11.1 Å². The second-order valence-corrected chi connectivity index (χ2v) is 4.01. The van der Waals surface area contributed by atoms with Crippen molar-refractivity contribution in [3.8, 4) is 6.07 Å². The molecule has 0 saturated heterocycles. The first kappa shape index (κ1) is 12.8. The number of nitriles is 1. The van der Waals surface area contributed by atoms with Crippen molar-refractivity contribution >= 4 is 11.4 Å². The van der Waals surface area contributed by atoms with E-state index in [9.17, 15) is 8.78 Å². The fourth-order valence-corrected chi connectivity index (χ4v) is 1.68. The molecule has 0 bridgehead atoms. The molecule has 0 aliphatic heterocycles. The van der Waals surface area contributed by atoms with E-state index in [2.05, 4.69) is 5.32 Å². The quantitative estimate of drug-likeness (QED) is 0.833. The molecule has 2 aromatic carbocycles. The molecule has 0 fully saturated rings. The van der Waals surface area contributed by atoms with Gasteiger partial charge in [0.25, 0.3) is 0 Å². The predicted molar refractivity (Wildman–Crippen MR) is 69.3 cm³/mol. The van der Waals surface area contributed by atoms with E-state index in [-0.39, 0.29) is 12.1 Å². The summed E-state index contributed by atoms with van der Waals surface area (Å²) in [5.74, 6) is -1.00. The van der Waals surface area contributed by atoms with E-state index in [1.54, 1.807) is 12.1 Å². The van der Waals surface area contributed by atoms with Crippen molar-refractivity contribution in [2.75, 3.05) is 11.1 Å². The Bertz CT molecular complexity index is 648. The molecule has 2 aromatic rings. The summed E-state index contributed by atoms with van der Waals surface area (Å²) >= 11 is 0. The van der Waals surface area contributed by atoms with Crippen LogP contribution in [-0.4, -0.2) is 0 Å². The minimum Gasteiger partial charge on any atom is -0.399 e. The van der Waals surface area contributed by atoms with Gasteiger partial charge in [-0.1, -0.05) is 0 Å². The van der Waals surface area contributed by atoms with Crippen LogP contribution < -0.4 is 11.1 Å². The number of nitrogens with one attached hydrogen (secondary N) is 1. The van der Waals surface area contributed by atoms with Gasteiger partial charge in [0.2, 0.25) is 0 Å². The lowest BCUT2D eigenvalue weighted by Crippen LogP contribution is -2.04. The lowest BCUT2D eigenvalue weighted by molar-refractivity contribution is 0.587. The Balaban J connectivity index is 2.19. The third kappa shape index (κ3) is 2.99. The van der Waals surface area contributed by atoms with Crippen LogP contribution in [0, 0.1) is 23.0 Å². The zero-order valence-corrected chi connectivity index (χ0v) is 9.95. The normalized spacial score (nSPS) is 9.95. The molecule has 0 atom stereocenters. The fourth-order valence-electron chi connectivity index (χ4n) is 1.68. The molecule has 3 N–H and O–H groups in total. The van der Waals surface area contributed by atoms with Crippen LogP contribution in [0.15, 0.2) is 36.4 Å². The summed E-state index contributed by atoms with van der Waals surface area (Å²) in [5, 5.41) is 11.9. The molecule has 0 aliphatic rings. The average molecular weight is 259 g/mol. The number of hydrogen-bond acceptors (Lipinski definition) is 3. The number of benzene rings is 2. The molecular formula is C14H11F2N3. The lowest BCUT2D eigenvalue weighted by atomic mass is 10.1. The summed E-state index contributed by atoms with van der Waals surface area (Å²) in [6.45, 7) is 0.0855. The maximum absolute atomic E-state index is 13.4. The Kier molecular flexibility index (Phi) is 3.62. The first-order valence-corrected chi connectivity index (χ1v) is 5.57. The monoisotopic (exact) mass is 259 g/mol. The van der Waals surface area contributed by atoms with Crippen molar-refractivity contribution < 1.29 is 8.78 Å². The average Bonchev–Trinajstić information content (AvgIpc) is 2.40. The molecule has 19 heavy (non-hydrogen) atoms. The van der Waals surface area contributed by atoms with Crippen LogP contribution in [0.25, 0.3) is 0 Å². The zero-order chi connectivity index (χ0) is 13.8. The van der Waals surface area contributed by atoms with Crippen LogP contribution in [-0.2, 0) is 6.54 Å². The first-order chi connectivity index (χ1) is 9.10. The minimum atomic E-state index is -0.504. The highest BCUT2D eigenvalue weighted by Crippen LogP contribution is 2.19. The Morgan fingerprint density at radius 1 is 1.16 bits per heavy atom. The van der Waals surface area contributed by atoms with Crippen molar-refractivity contribution in [2.45, 2.75) is 6.54 Å². The smallest absolute Gasteiger partial charge is 0.128 e. The Hall–Kier alpha value is -2.61. The molecule has 0 aliphatic carbocycles. The van der Waals surface area contributed by atoms with Crippen LogP contribution in [0.2, 0.25) is 0 Å². The van der Waals surface area contributed by atoms with Crippen molar-refractivity contribution in [1.82, 2.24) is 0 Å². The van der Waals surface area contributed by atoms with E-state index in [1.807, 2.05) is 6.07 Å². The molecule has 5 heteroatoms. The zero-order valence-electron chi connectivity index (χ0n) is 9.95. The topological polar surface area (TPSA) is 61.8 Å². The molecule has 0 amide bonds. The van der Waals surface area contributed by atoms with E-state index in [0.717, 1.165) is 18.2 Å². The van der Waals surface area contributed by atoms with Gasteiger partial charge in [0.15, 0.2) is 0 Å². The standard InChI is InChI=1S/C14H11F2N3/c15-11-1-3-13(16)10(5-11)8-19-14-4-2-12(18)6-9(14)7-17/h1-6,19H,8,18H2. The highest BCUT2D eigenvalue weighted by molar-refractivity contribution is 5.63. The summed E-state index contributed by atoms with van der Waals surface area (Å²) in [4.78, 5) is 0. The molecule has 96 valence electrons. The Morgan fingerprint density at radius 3 is 2.68 bits per heavy atom. The highest BCUT2D eigenvalue weighted by atomic mass is 19.1. The fraction of sp³-hybridized carbons (Fsp3) is 0.0714. The molecule has 0 spiro atoms. The SMILES string of the molecule is N#Cc1cc(N)ccc1NCc1cc(F)ccc1F. The number of hydrogen-bond donors (Lipinski definition) is 2. The van der Waals surface area contributed by atoms with Gasteiger partial charge < -0.3 is 11.1 Å². The summed E-state index contributed by atoms with van der Waals surface area (Å²) in [7, 11) is 0. The van der Waals surface area contributed by atoms with Crippen LogP contribution >= 0.6 is 0 Å². The summed E-state index contributed by atoms with van der Waals surface area (Å²) in [6, 6.07) is 10.0. The number of halogens is 2. The molecule has 0 unspecified atom stereocenters. The molecule has 0 saturated carbocycles. The van der Waals surface area contributed by atoms with Crippen molar-refractivity contribution in [2.24, 2.45) is 0 Å². The number of nitrogens with two attached hydrogens (primary N) is 1. The van der Waals surface area contributed by atoms with Crippen molar-refractivity contribution in [3.63, 3.8) is 0 Å². The first-order valence-electron chi connectivity index (χ1n) is 5.57. The molecule has 3 nitrogen and oxygen atoms in total. The maximum atomic E-state index is 13.4. The van der Waals surface area contributed by atoms with E-state index in [1.165, 1.54) is 6.07 Å². The lowest BCUT2D eigenvalue weighted by Gasteiger charge is -2.09. The predicted octanol–water partition coefficient (Wildman–Crippen LogP) is 3.03. The van der Waals surface area contributed by atoms with Gasteiger partial charge in [0, 0.05) is 17.8 Å². The van der Waals surface area contributed by atoms with Crippen LogP contribution in [0.3, 0.4) is 0 Å². The number of anilines is 2. The third-order valence-electron chi connectivity index (χ3n) is 2.64. The van der Waals surface area contributed by atoms with Gasteiger partial charge in [0.1, 0.15) is 17.7 Å². The van der Waals surface area contributed by atoms with Gasteiger partial charge in [-0.15, -0.1) is 0 Å². The number of nitrogens with zero attached hydrogens (tertiary/aromatic N) is 1. The van der Waals surface area contributed by atoms with Gasteiger partial charge in [-0.2, -0.15) is 5.26 Å². The van der Waals surface area contributed by atoms with Gasteiger partial charge in [-0.25, -0.2) is 8.78 Å². The molecule has 0 heterocycles.